The second-order valence-corrected chi connectivity index (χ2v) is 5.90. The van der Waals surface area contributed by atoms with Crippen molar-refractivity contribution in [2.45, 2.75) is 0 Å². The molecular formula is C17H10Cl2N4O2. The summed E-state index contributed by atoms with van der Waals surface area (Å²) in [6.07, 6.45) is 4.83. The minimum atomic E-state index is -0.498. The van der Waals surface area contributed by atoms with Crippen LogP contribution in [0.3, 0.4) is 0 Å². The van der Waals surface area contributed by atoms with Gasteiger partial charge >= 0.3 is 0 Å². The van der Waals surface area contributed by atoms with Gasteiger partial charge in [-0.2, -0.15) is 5.26 Å². The van der Waals surface area contributed by atoms with Crippen molar-refractivity contribution in [3.63, 3.8) is 0 Å². The number of amides is 1. The minimum Gasteiger partial charge on any atom is -0.339 e. The molecule has 0 bridgehead atoms. The number of nitrogens with one attached hydrogen (secondary N) is 1. The standard InChI is InChI=1S/C17H10Cl2N4O2/c18-12-7-11(16(24)22-5-3-20)8-13(19)15(12)17(25)23-6-2-10-9-21-4-1-14(10)23/h1-2,4,6-9H,5H2,(H,22,24). The molecule has 124 valence electrons. The zero-order chi connectivity index (χ0) is 18.0. The highest BCUT2D eigenvalue weighted by Crippen LogP contribution is 2.29. The summed E-state index contributed by atoms with van der Waals surface area (Å²) in [7, 11) is 0. The Labute approximate surface area is 152 Å². The summed E-state index contributed by atoms with van der Waals surface area (Å²) in [4.78, 5) is 28.8. The zero-order valence-corrected chi connectivity index (χ0v) is 14.2. The van der Waals surface area contributed by atoms with Gasteiger partial charge in [0.05, 0.1) is 27.2 Å². The number of pyridine rings is 1. The summed E-state index contributed by atoms with van der Waals surface area (Å²) in [6.45, 7) is -0.141. The van der Waals surface area contributed by atoms with Gasteiger partial charge in [-0.25, -0.2) is 0 Å². The van der Waals surface area contributed by atoms with E-state index in [0.717, 1.165) is 5.39 Å². The fourth-order valence-electron chi connectivity index (χ4n) is 2.41. The number of halogens is 2. The molecule has 0 atom stereocenters. The monoisotopic (exact) mass is 372 g/mol. The second-order valence-electron chi connectivity index (χ2n) is 5.08. The van der Waals surface area contributed by atoms with Gasteiger partial charge in [-0.05, 0) is 24.3 Å². The highest BCUT2D eigenvalue weighted by Gasteiger charge is 2.20. The van der Waals surface area contributed by atoms with Crippen molar-refractivity contribution in [3.8, 4) is 6.07 Å². The molecule has 2 heterocycles. The predicted molar refractivity (Wildman–Crippen MR) is 93.9 cm³/mol. The molecule has 1 amide bonds. The Kier molecular flexibility index (Phi) is 4.70. The molecule has 3 aromatic rings. The van der Waals surface area contributed by atoms with E-state index in [4.69, 9.17) is 28.5 Å². The lowest BCUT2D eigenvalue weighted by Crippen LogP contribution is -2.23. The third-order valence-corrected chi connectivity index (χ3v) is 4.15. The lowest BCUT2D eigenvalue weighted by atomic mass is 10.1. The number of hydrogen-bond acceptors (Lipinski definition) is 4. The fraction of sp³-hybridized carbons (Fsp3) is 0.0588. The molecule has 0 saturated heterocycles. The summed E-state index contributed by atoms with van der Waals surface area (Å²) in [6, 6.07) is 7.96. The normalized spacial score (nSPS) is 10.4. The van der Waals surface area contributed by atoms with Crippen LogP contribution in [0.4, 0.5) is 0 Å². The van der Waals surface area contributed by atoms with Gasteiger partial charge in [0.1, 0.15) is 6.54 Å². The Morgan fingerprint density at radius 1 is 1.24 bits per heavy atom. The van der Waals surface area contributed by atoms with Crippen molar-refractivity contribution in [3.05, 3.63) is 64.0 Å². The van der Waals surface area contributed by atoms with Crippen LogP contribution in [0.5, 0.6) is 0 Å². The SMILES string of the molecule is N#CCNC(=O)c1cc(Cl)c(C(=O)n2ccc3cnccc32)c(Cl)c1. The van der Waals surface area contributed by atoms with E-state index < -0.39 is 11.8 Å². The van der Waals surface area contributed by atoms with Crippen molar-refractivity contribution in [2.24, 2.45) is 0 Å². The molecule has 0 spiro atoms. The quantitative estimate of drug-likeness (QED) is 0.714. The van der Waals surface area contributed by atoms with E-state index in [9.17, 15) is 9.59 Å². The molecule has 0 saturated carbocycles. The van der Waals surface area contributed by atoms with Crippen LogP contribution in [-0.2, 0) is 0 Å². The predicted octanol–water partition coefficient (Wildman–Crippen LogP) is 3.28. The number of nitrogens with zero attached hydrogens (tertiary/aromatic N) is 3. The van der Waals surface area contributed by atoms with E-state index in [2.05, 4.69) is 10.3 Å². The molecule has 8 heteroatoms. The van der Waals surface area contributed by atoms with Gasteiger partial charge in [0.25, 0.3) is 11.8 Å². The van der Waals surface area contributed by atoms with Gasteiger partial charge in [-0.3, -0.25) is 19.1 Å². The molecule has 6 nitrogen and oxygen atoms in total. The number of rotatable bonds is 3. The van der Waals surface area contributed by atoms with Crippen LogP contribution in [-0.4, -0.2) is 27.9 Å². The van der Waals surface area contributed by atoms with Crippen LogP contribution in [0, 0.1) is 11.3 Å². The molecule has 2 aromatic heterocycles. The highest BCUT2D eigenvalue weighted by atomic mass is 35.5. The first-order chi connectivity index (χ1) is 12.0. The second kappa shape index (κ2) is 6.93. The molecule has 1 aromatic carbocycles. The Morgan fingerprint density at radius 3 is 2.64 bits per heavy atom. The smallest absolute Gasteiger partial charge is 0.265 e. The van der Waals surface area contributed by atoms with Crippen molar-refractivity contribution >= 4 is 45.9 Å². The highest BCUT2D eigenvalue weighted by molar-refractivity contribution is 6.40. The van der Waals surface area contributed by atoms with Crippen molar-refractivity contribution in [2.75, 3.05) is 6.54 Å². The third kappa shape index (κ3) is 3.20. The summed E-state index contributed by atoms with van der Waals surface area (Å²) >= 11 is 12.4. The van der Waals surface area contributed by atoms with E-state index in [-0.39, 0.29) is 27.7 Å². The van der Waals surface area contributed by atoms with E-state index >= 15 is 0 Å². The molecule has 25 heavy (non-hydrogen) atoms. The average Bonchev–Trinajstić information content (AvgIpc) is 3.03. The number of nitriles is 1. The molecule has 0 aliphatic heterocycles. The van der Waals surface area contributed by atoms with Crippen LogP contribution in [0.2, 0.25) is 10.0 Å². The number of aromatic nitrogens is 2. The molecule has 0 fully saturated rings. The number of fused-ring (bicyclic) bond motifs is 1. The fourth-order valence-corrected chi connectivity index (χ4v) is 3.06. The maximum absolute atomic E-state index is 12.8. The van der Waals surface area contributed by atoms with Gasteiger partial charge in [0, 0.05) is 29.5 Å². The van der Waals surface area contributed by atoms with E-state index in [1.165, 1.54) is 16.7 Å². The van der Waals surface area contributed by atoms with Crippen LogP contribution >= 0.6 is 23.2 Å². The number of benzene rings is 1. The Hall–Kier alpha value is -2.88. The molecule has 0 unspecified atom stereocenters. The Bertz CT molecular complexity index is 1010. The summed E-state index contributed by atoms with van der Waals surface area (Å²) in [5, 5.41) is 11.8. The maximum atomic E-state index is 12.8. The van der Waals surface area contributed by atoms with Crippen molar-refractivity contribution < 1.29 is 9.59 Å². The van der Waals surface area contributed by atoms with Crippen LogP contribution < -0.4 is 5.32 Å². The van der Waals surface area contributed by atoms with Gasteiger partial charge in [-0.1, -0.05) is 23.2 Å². The van der Waals surface area contributed by atoms with Gasteiger partial charge in [0.2, 0.25) is 0 Å². The zero-order valence-electron chi connectivity index (χ0n) is 12.7. The Balaban J connectivity index is 2.01. The number of hydrogen-bond donors (Lipinski definition) is 1. The van der Waals surface area contributed by atoms with Gasteiger partial charge < -0.3 is 5.32 Å². The Morgan fingerprint density at radius 2 is 1.96 bits per heavy atom. The first-order valence-corrected chi connectivity index (χ1v) is 7.88. The van der Waals surface area contributed by atoms with Crippen LogP contribution in [0.1, 0.15) is 20.7 Å². The van der Waals surface area contributed by atoms with E-state index in [1.807, 2.05) is 0 Å². The summed E-state index contributed by atoms with van der Waals surface area (Å²) in [5.41, 5.74) is 0.931. The third-order valence-electron chi connectivity index (χ3n) is 3.56. The molecule has 3 rings (SSSR count). The molecule has 0 aliphatic carbocycles. The lowest BCUT2D eigenvalue weighted by Gasteiger charge is -2.10. The van der Waals surface area contributed by atoms with E-state index in [0.29, 0.717) is 5.52 Å². The number of carbonyl (C=O) groups is 2. The molecule has 0 radical (unpaired) electrons. The molecule has 1 N–H and O–H groups in total. The topological polar surface area (TPSA) is 87.8 Å². The average molecular weight is 373 g/mol. The lowest BCUT2D eigenvalue weighted by molar-refractivity contribution is 0.0949. The first kappa shape index (κ1) is 17.0. The van der Waals surface area contributed by atoms with Crippen molar-refractivity contribution in [1.82, 2.24) is 14.9 Å². The molecular weight excluding hydrogens is 363 g/mol. The first-order valence-electron chi connectivity index (χ1n) is 7.13. The number of carbonyl (C=O) groups excluding carboxylic acids is 2. The van der Waals surface area contributed by atoms with E-state index in [1.54, 1.807) is 36.8 Å². The molecule has 0 aliphatic rings. The summed E-state index contributed by atoms with van der Waals surface area (Å²) in [5.74, 6) is -0.915. The van der Waals surface area contributed by atoms with Gasteiger partial charge in [-0.15, -0.1) is 0 Å². The largest absolute Gasteiger partial charge is 0.339 e. The maximum Gasteiger partial charge on any atom is 0.265 e. The van der Waals surface area contributed by atoms with Crippen LogP contribution in [0.25, 0.3) is 10.9 Å². The minimum absolute atomic E-state index is 0.0514. The summed E-state index contributed by atoms with van der Waals surface area (Å²) < 4.78 is 1.42. The van der Waals surface area contributed by atoms with Crippen molar-refractivity contribution in [1.29, 1.82) is 5.26 Å². The van der Waals surface area contributed by atoms with Gasteiger partial charge in [0.15, 0.2) is 0 Å². The van der Waals surface area contributed by atoms with Crippen LogP contribution in [0.15, 0.2) is 42.9 Å².